The molecule has 0 saturated carbocycles. The number of alkyl carbamates (subject to hydrolysis) is 1. The smallest absolute Gasteiger partial charge is 0.407 e. The van der Waals surface area contributed by atoms with E-state index in [4.69, 9.17) is 9.47 Å². The van der Waals surface area contributed by atoms with Crippen LogP contribution < -0.4 is 5.32 Å². The van der Waals surface area contributed by atoms with Crippen LogP contribution in [0.15, 0.2) is 12.2 Å². The van der Waals surface area contributed by atoms with Gasteiger partial charge in [-0.3, -0.25) is 4.79 Å². The zero-order valence-corrected chi connectivity index (χ0v) is 10.9. The van der Waals surface area contributed by atoms with Crippen LogP contribution >= 0.6 is 0 Å². The summed E-state index contributed by atoms with van der Waals surface area (Å²) in [5.74, 6) is 0. The molecule has 0 aliphatic rings. The zero-order valence-electron chi connectivity index (χ0n) is 10.9. The molecule has 0 aromatic carbocycles. The normalized spacial score (nSPS) is 13.2. The summed E-state index contributed by atoms with van der Waals surface area (Å²) in [6.45, 7) is 7.87. The molecule has 17 heavy (non-hydrogen) atoms. The van der Waals surface area contributed by atoms with Gasteiger partial charge in [0.05, 0.1) is 6.54 Å². The molecule has 1 N–H and O–H groups in total. The molecular weight excluding hydrogens is 222 g/mol. The molecule has 0 saturated heterocycles. The van der Waals surface area contributed by atoms with Gasteiger partial charge in [-0.25, -0.2) is 4.79 Å². The summed E-state index contributed by atoms with van der Waals surface area (Å²) in [5.41, 5.74) is -0.537. The Morgan fingerprint density at radius 3 is 2.53 bits per heavy atom. The quantitative estimate of drug-likeness (QED) is 0.572. The van der Waals surface area contributed by atoms with Crippen LogP contribution in [0.2, 0.25) is 0 Å². The van der Waals surface area contributed by atoms with Gasteiger partial charge in [0.25, 0.3) is 6.47 Å². The van der Waals surface area contributed by atoms with Crippen LogP contribution in [0.5, 0.6) is 0 Å². The number of nitrogens with one attached hydrogen (secondary N) is 1. The van der Waals surface area contributed by atoms with Crippen molar-refractivity contribution in [3.63, 3.8) is 0 Å². The lowest BCUT2D eigenvalue weighted by molar-refractivity contribution is -0.131. The summed E-state index contributed by atoms with van der Waals surface area (Å²) in [5, 5.41) is 2.54. The SMILES string of the molecule is CC/C=C/C(CNC(=O)OC(C)(C)C)OC=O. The largest absolute Gasteiger partial charge is 0.458 e. The second kappa shape index (κ2) is 7.70. The minimum Gasteiger partial charge on any atom is -0.458 e. The molecule has 0 aromatic rings. The highest BCUT2D eigenvalue weighted by molar-refractivity contribution is 5.67. The summed E-state index contributed by atoms with van der Waals surface area (Å²) in [6.07, 6.45) is 3.45. The van der Waals surface area contributed by atoms with Crippen molar-refractivity contribution in [2.75, 3.05) is 6.54 Å². The number of rotatable bonds is 6. The Morgan fingerprint density at radius 1 is 1.41 bits per heavy atom. The Bertz CT molecular complexity index is 268. The van der Waals surface area contributed by atoms with Crippen LogP contribution in [0.1, 0.15) is 34.1 Å². The van der Waals surface area contributed by atoms with Crippen LogP contribution in [0.3, 0.4) is 0 Å². The Labute approximate surface area is 102 Å². The molecule has 0 aliphatic carbocycles. The standard InChI is InChI=1S/C12H21NO4/c1-5-6-7-10(16-9-14)8-13-11(15)17-12(2,3)4/h6-7,9-10H,5,8H2,1-4H3,(H,13,15)/b7-6+. The van der Waals surface area contributed by atoms with Gasteiger partial charge in [0.15, 0.2) is 0 Å². The third-order valence-electron chi connectivity index (χ3n) is 1.66. The number of ether oxygens (including phenoxy) is 2. The maximum atomic E-state index is 11.3. The lowest BCUT2D eigenvalue weighted by Crippen LogP contribution is -2.37. The molecule has 0 rings (SSSR count). The molecule has 0 aromatic heterocycles. The molecule has 0 radical (unpaired) electrons. The van der Waals surface area contributed by atoms with E-state index < -0.39 is 17.8 Å². The fourth-order valence-corrected chi connectivity index (χ4v) is 1.02. The van der Waals surface area contributed by atoms with E-state index in [0.29, 0.717) is 6.47 Å². The number of amides is 1. The molecule has 5 heteroatoms. The van der Waals surface area contributed by atoms with Gasteiger partial charge in [0, 0.05) is 0 Å². The van der Waals surface area contributed by atoms with Crippen LogP contribution in [0.25, 0.3) is 0 Å². The number of carbonyl (C=O) groups is 2. The van der Waals surface area contributed by atoms with Crippen molar-refractivity contribution in [1.82, 2.24) is 5.32 Å². The topological polar surface area (TPSA) is 64.6 Å². The molecule has 0 heterocycles. The third-order valence-corrected chi connectivity index (χ3v) is 1.66. The molecule has 0 fully saturated rings. The third kappa shape index (κ3) is 9.41. The Balaban J connectivity index is 4.07. The Hall–Kier alpha value is -1.52. The van der Waals surface area contributed by atoms with Crippen molar-refractivity contribution in [2.24, 2.45) is 0 Å². The Kier molecular flexibility index (Phi) is 7.02. The molecule has 0 aliphatic heterocycles. The first-order valence-corrected chi connectivity index (χ1v) is 5.61. The summed E-state index contributed by atoms with van der Waals surface area (Å²) < 4.78 is 9.84. The van der Waals surface area contributed by atoms with E-state index in [9.17, 15) is 9.59 Å². The molecule has 98 valence electrons. The van der Waals surface area contributed by atoms with Gasteiger partial charge < -0.3 is 14.8 Å². The van der Waals surface area contributed by atoms with Crippen LogP contribution in [-0.2, 0) is 14.3 Å². The summed E-state index contributed by atoms with van der Waals surface area (Å²) in [4.78, 5) is 21.6. The van der Waals surface area contributed by atoms with Crippen molar-refractivity contribution in [1.29, 1.82) is 0 Å². The fraction of sp³-hybridized carbons (Fsp3) is 0.667. The van der Waals surface area contributed by atoms with Crippen LogP contribution in [0, 0.1) is 0 Å². The van der Waals surface area contributed by atoms with Gasteiger partial charge in [-0.1, -0.05) is 13.0 Å². The predicted molar refractivity (Wildman–Crippen MR) is 64.6 cm³/mol. The molecular formula is C12H21NO4. The van der Waals surface area contributed by atoms with E-state index in [-0.39, 0.29) is 6.54 Å². The lowest BCUT2D eigenvalue weighted by Gasteiger charge is -2.20. The molecule has 0 bridgehead atoms. The summed E-state index contributed by atoms with van der Waals surface area (Å²) >= 11 is 0. The maximum Gasteiger partial charge on any atom is 0.407 e. The van der Waals surface area contributed by atoms with Gasteiger partial charge >= 0.3 is 6.09 Å². The highest BCUT2D eigenvalue weighted by Gasteiger charge is 2.16. The number of carbonyl (C=O) groups excluding carboxylic acids is 2. The fourth-order valence-electron chi connectivity index (χ4n) is 1.02. The van der Waals surface area contributed by atoms with E-state index in [1.807, 2.05) is 13.0 Å². The van der Waals surface area contributed by atoms with E-state index in [1.54, 1.807) is 26.8 Å². The maximum absolute atomic E-state index is 11.3. The van der Waals surface area contributed by atoms with Crippen molar-refractivity contribution >= 4 is 12.6 Å². The van der Waals surface area contributed by atoms with Gasteiger partial charge in [-0.15, -0.1) is 0 Å². The van der Waals surface area contributed by atoms with E-state index in [0.717, 1.165) is 6.42 Å². The first-order valence-electron chi connectivity index (χ1n) is 5.61. The first kappa shape index (κ1) is 15.5. The van der Waals surface area contributed by atoms with E-state index >= 15 is 0 Å². The highest BCUT2D eigenvalue weighted by Crippen LogP contribution is 2.06. The van der Waals surface area contributed by atoms with Crippen molar-refractivity contribution in [2.45, 2.75) is 45.8 Å². The van der Waals surface area contributed by atoms with Gasteiger partial charge in [-0.2, -0.15) is 0 Å². The summed E-state index contributed by atoms with van der Waals surface area (Å²) in [7, 11) is 0. The molecule has 5 nitrogen and oxygen atoms in total. The molecule has 1 unspecified atom stereocenters. The van der Waals surface area contributed by atoms with E-state index in [1.165, 1.54) is 0 Å². The number of hydrogen-bond donors (Lipinski definition) is 1. The molecule has 1 atom stereocenters. The minimum absolute atomic E-state index is 0.199. The molecule has 1 amide bonds. The zero-order chi connectivity index (χ0) is 13.3. The highest BCUT2D eigenvalue weighted by atomic mass is 16.6. The van der Waals surface area contributed by atoms with Crippen molar-refractivity contribution < 1.29 is 19.1 Å². The second-order valence-corrected chi connectivity index (χ2v) is 4.49. The number of allylic oxidation sites excluding steroid dienone is 1. The monoisotopic (exact) mass is 243 g/mol. The Morgan fingerprint density at radius 2 is 2.06 bits per heavy atom. The average molecular weight is 243 g/mol. The second-order valence-electron chi connectivity index (χ2n) is 4.49. The number of hydrogen-bond acceptors (Lipinski definition) is 4. The van der Waals surface area contributed by atoms with Gasteiger partial charge in [0.1, 0.15) is 11.7 Å². The van der Waals surface area contributed by atoms with E-state index in [2.05, 4.69) is 5.32 Å². The predicted octanol–water partition coefficient (Wildman–Crippen LogP) is 2.02. The lowest BCUT2D eigenvalue weighted by atomic mass is 10.2. The van der Waals surface area contributed by atoms with Gasteiger partial charge in [-0.05, 0) is 33.3 Å². The van der Waals surface area contributed by atoms with Crippen molar-refractivity contribution in [3.8, 4) is 0 Å². The first-order chi connectivity index (χ1) is 7.89. The van der Waals surface area contributed by atoms with Crippen LogP contribution in [0.4, 0.5) is 4.79 Å². The average Bonchev–Trinajstić information content (AvgIpc) is 2.19. The van der Waals surface area contributed by atoms with Crippen LogP contribution in [-0.4, -0.2) is 30.8 Å². The minimum atomic E-state index is -0.537. The van der Waals surface area contributed by atoms with Crippen molar-refractivity contribution in [3.05, 3.63) is 12.2 Å². The summed E-state index contributed by atoms with van der Waals surface area (Å²) in [6, 6.07) is 0. The van der Waals surface area contributed by atoms with Gasteiger partial charge in [0.2, 0.25) is 0 Å². The molecule has 0 spiro atoms.